The predicted octanol–water partition coefficient (Wildman–Crippen LogP) is 2.94. The average Bonchev–Trinajstić information content (AvgIpc) is 2.38. The monoisotopic (exact) mass is 221 g/mol. The van der Waals surface area contributed by atoms with E-state index in [-0.39, 0.29) is 0 Å². The number of rotatable bonds is 3. The second-order valence-electron chi connectivity index (χ2n) is 5.23. The van der Waals surface area contributed by atoms with Crippen molar-refractivity contribution in [3.63, 3.8) is 0 Å². The molecule has 0 aromatic rings. The first-order valence-electron chi connectivity index (χ1n) is 6.85. The van der Waals surface area contributed by atoms with Gasteiger partial charge in [-0.25, -0.2) is 10.4 Å². The molecule has 0 saturated heterocycles. The lowest BCUT2D eigenvalue weighted by molar-refractivity contribution is 0.128. The Morgan fingerprint density at radius 2 is 1.44 bits per heavy atom. The molecule has 2 aliphatic carbocycles. The van der Waals surface area contributed by atoms with Crippen molar-refractivity contribution in [2.45, 2.75) is 76.3 Å². The number of nitrogens with zero attached hydrogens (tertiary/aromatic N) is 2. The van der Waals surface area contributed by atoms with Gasteiger partial charge in [0.05, 0.1) is 6.04 Å². The van der Waals surface area contributed by atoms with Gasteiger partial charge in [-0.2, -0.15) is 5.26 Å². The van der Waals surface area contributed by atoms with E-state index in [1.807, 2.05) is 5.01 Å². The highest BCUT2D eigenvalue weighted by Gasteiger charge is 2.23. The maximum atomic E-state index is 9.22. The minimum Gasteiger partial charge on any atom is -0.241 e. The molecule has 16 heavy (non-hydrogen) atoms. The van der Waals surface area contributed by atoms with Gasteiger partial charge in [-0.05, 0) is 25.7 Å². The molecule has 0 aliphatic heterocycles. The highest BCUT2D eigenvalue weighted by atomic mass is 15.5. The van der Waals surface area contributed by atoms with Crippen LogP contribution in [0, 0.1) is 11.5 Å². The molecule has 0 unspecified atom stereocenters. The zero-order chi connectivity index (χ0) is 11.2. The van der Waals surface area contributed by atoms with Gasteiger partial charge in [0, 0.05) is 6.04 Å². The minimum atomic E-state index is 0.459. The van der Waals surface area contributed by atoms with Crippen molar-refractivity contribution in [2.24, 2.45) is 0 Å². The number of nitrogens with one attached hydrogen (secondary N) is 1. The van der Waals surface area contributed by atoms with Gasteiger partial charge >= 0.3 is 0 Å². The number of hydrogen-bond acceptors (Lipinski definition) is 3. The molecule has 0 spiro atoms. The molecule has 3 nitrogen and oxygen atoms in total. The molecule has 0 amide bonds. The standard InChI is InChI=1S/C13H23N3/c14-11-16(13-9-5-2-6-10-13)15-12-7-3-1-4-8-12/h12-13,15H,1-10H2. The molecule has 90 valence electrons. The van der Waals surface area contributed by atoms with Crippen molar-refractivity contribution in [1.82, 2.24) is 10.4 Å². The fourth-order valence-corrected chi connectivity index (χ4v) is 2.98. The molecule has 2 saturated carbocycles. The molecular formula is C13H23N3. The van der Waals surface area contributed by atoms with E-state index in [2.05, 4.69) is 11.6 Å². The van der Waals surface area contributed by atoms with E-state index in [1.165, 1.54) is 64.2 Å². The molecular weight excluding hydrogens is 198 g/mol. The summed E-state index contributed by atoms with van der Waals surface area (Å²) >= 11 is 0. The van der Waals surface area contributed by atoms with E-state index in [4.69, 9.17) is 0 Å². The van der Waals surface area contributed by atoms with Crippen molar-refractivity contribution in [1.29, 1.82) is 5.26 Å². The van der Waals surface area contributed by atoms with Crippen LogP contribution in [-0.4, -0.2) is 17.1 Å². The normalized spacial score (nSPS) is 23.9. The van der Waals surface area contributed by atoms with Crippen LogP contribution in [0.5, 0.6) is 0 Å². The van der Waals surface area contributed by atoms with Gasteiger partial charge in [-0.3, -0.25) is 0 Å². The van der Waals surface area contributed by atoms with E-state index >= 15 is 0 Å². The lowest BCUT2D eigenvalue weighted by Gasteiger charge is -2.34. The molecule has 3 heteroatoms. The second-order valence-corrected chi connectivity index (χ2v) is 5.23. The lowest BCUT2D eigenvalue weighted by Crippen LogP contribution is -2.48. The Morgan fingerprint density at radius 3 is 2.00 bits per heavy atom. The van der Waals surface area contributed by atoms with Crippen LogP contribution in [0.15, 0.2) is 0 Å². The van der Waals surface area contributed by atoms with E-state index in [1.54, 1.807) is 0 Å². The van der Waals surface area contributed by atoms with Gasteiger partial charge in [-0.15, -0.1) is 0 Å². The highest BCUT2D eigenvalue weighted by molar-refractivity contribution is 4.84. The molecule has 0 atom stereocenters. The van der Waals surface area contributed by atoms with Gasteiger partial charge in [0.1, 0.15) is 0 Å². The topological polar surface area (TPSA) is 39.1 Å². The molecule has 0 radical (unpaired) electrons. The van der Waals surface area contributed by atoms with Crippen molar-refractivity contribution in [3.05, 3.63) is 0 Å². The summed E-state index contributed by atoms with van der Waals surface area (Å²) in [5.74, 6) is 0. The third-order valence-electron chi connectivity index (χ3n) is 3.97. The summed E-state index contributed by atoms with van der Waals surface area (Å²) in [6, 6.07) is 1.01. The Hall–Kier alpha value is -0.750. The largest absolute Gasteiger partial charge is 0.241 e. The predicted molar refractivity (Wildman–Crippen MR) is 64.3 cm³/mol. The summed E-state index contributed by atoms with van der Waals surface area (Å²) in [4.78, 5) is 0. The smallest absolute Gasteiger partial charge is 0.195 e. The van der Waals surface area contributed by atoms with Crippen LogP contribution in [0.2, 0.25) is 0 Å². The maximum Gasteiger partial charge on any atom is 0.195 e. The van der Waals surface area contributed by atoms with Gasteiger partial charge < -0.3 is 0 Å². The van der Waals surface area contributed by atoms with Gasteiger partial charge in [-0.1, -0.05) is 38.5 Å². The third kappa shape index (κ3) is 3.12. The fraction of sp³-hybridized carbons (Fsp3) is 0.923. The van der Waals surface area contributed by atoms with Crippen molar-refractivity contribution < 1.29 is 0 Å². The number of hydrazine groups is 1. The van der Waals surface area contributed by atoms with E-state index < -0.39 is 0 Å². The summed E-state index contributed by atoms with van der Waals surface area (Å²) in [6.07, 6.45) is 15.1. The lowest BCUT2D eigenvalue weighted by atomic mass is 9.94. The summed E-state index contributed by atoms with van der Waals surface area (Å²) in [7, 11) is 0. The van der Waals surface area contributed by atoms with Crippen LogP contribution >= 0.6 is 0 Å². The first-order valence-corrected chi connectivity index (χ1v) is 6.85. The van der Waals surface area contributed by atoms with Crippen LogP contribution in [0.1, 0.15) is 64.2 Å². The Balaban J connectivity index is 1.81. The van der Waals surface area contributed by atoms with Crippen LogP contribution < -0.4 is 5.43 Å². The summed E-state index contributed by atoms with van der Waals surface area (Å²) in [6.45, 7) is 0. The summed E-state index contributed by atoms with van der Waals surface area (Å²) < 4.78 is 0. The van der Waals surface area contributed by atoms with Crippen LogP contribution in [0.3, 0.4) is 0 Å². The Labute approximate surface area is 98.8 Å². The Morgan fingerprint density at radius 1 is 0.875 bits per heavy atom. The third-order valence-corrected chi connectivity index (χ3v) is 3.97. The molecule has 2 fully saturated rings. The van der Waals surface area contributed by atoms with E-state index in [9.17, 15) is 5.26 Å². The second kappa shape index (κ2) is 6.10. The van der Waals surface area contributed by atoms with Gasteiger partial charge in [0.25, 0.3) is 0 Å². The highest BCUT2D eigenvalue weighted by Crippen LogP contribution is 2.23. The SMILES string of the molecule is N#CN(NC1CCCCC1)C1CCCCC1. The fourth-order valence-electron chi connectivity index (χ4n) is 2.98. The number of hydrogen-bond donors (Lipinski definition) is 1. The molecule has 0 aromatic carbocycles. The summed E-state index contributed by atoms with van der Waals surface area (Å²) in [5.41, 5.74) is 3.45. The first kappa shape index (κ1) is 11.7. The molecule has 0 aromatic heterocycles. The Kier molecular flexibility index (Phi) is 4.47. The molecule has 0 bridgehead atoms. The first-order chi connectivity index (χ1) is 7.90. The molecule has 2 aliphatic rings. The maximum absolute atomic E-state index is 9.22. The van der Waals surface area contributed by atoms with Crippen LogP contribution in [0.4, 0.5) is 0 Å². The van der Waals surface area contributed by atoms with Gasteiger partial charge in [0.15, 0.2) is 6.19 Å². The van der Waals surface area contributed by atoms with Crippen LogP contribution in [0.25, 0.3) is 0 Å². The molecule has 1 N–H and O–H groups in total. The summed E-state index contributed by atoms with van der Waals surface area (Å²) in [5, 5.41) is 11.1. The van der Waals surface area contributed by atoms with Crippen LogP contribution in [-0.2, 0) is 0 Å². The van der Waals surface area contributed by atoms with Gasteiger partial charge in [0.2, 0.25) is 0 Å². The minimum absolute atomic E-state index is 0.459. The van der Waals surface area contributed by atoms with E-state index in [0.717, 1.165) is 0 Å². The van der Waals surface area contributed by atoms with Crippen molar-refractivity contribution >= 4 is 0 Å². The Bertz CT molecular complexity index is 234. The van der Waals surface area contributed by atoms with E-state index in [0.29, 0.717) is 12.1 Å². The molecule has 2 rings (SSSR count). The zero-order valence-corrected chi connectivity index (χ0v) is 10.1. The number of nitriles is 1. The molecule has 0 heterocycles. The average molecular weight is 221 g/mol. The zero-order valence-electron chi connectivity index (χ0n) is 10.1. The van der Waals surface area contributed by atoms with Crippen molar-refractivity contribution in [3.8, 4) is 6.19 Å². The quantitative estimate of drug-likeness (QED) is 0.452. The van der Waals surface area contributed by atoms with Crippen molar-refractivity contribution in [2.75, 3.05) is 0 Å².